The molecule has 1 amide bonds. The van der Waals surface area contributed by atoms with E-state index in [1.54, 1.807) is 24.5 Å². The molecule has 0 saturated heterocycles. The lowest BCUT2D eigenvalue weighted by atomic mass is 10.2. The molecule has 3 rings (SSSR count). The zero-order chi connectivity index (χ0) is 17.8. The van der Waals surface area contributed by atoms with Gasteiger partial charge in [-0.3, -0.25) is 24.5 Å². The highest BCUT2D eigenvalue weighted by molar-refractivity contribution is 5.90. The van der Waals surface area contributed by atoms with Crippen LogP contribution in [0.25, 0.3) is 11.1 Å². The zero-order valence-electron chi connectivity index (χ0n) is 13.0. The number of benzene rings is 1. The van der Waals surface area contributed by atoms with Gasteiger partial charge in [0.05, 0.1) is 16.5 Å². The molecular weight excluding hydrogens is 328 g/mol. The second kappa shape index (κ2) is 6.95. The molecule has 0 fully saturated rings. The molecule has 1 N–H and O–H groups in total. The number of non-ortho nitro benzene ring substituents is 1. The van der Waals surface area contributed by atoms with E-state index in [-0.39, 0.29) is 30.1 Å². The van der Waals surface area contributed by atoms with Crippen LogP contribution in [0.4, 0.5) is 11.4 Å². The predicted molar refractivity (Wildman–Crippen MR) is 89.2 cm³/mol. The maximum Gasteiger partial charge on any atom is 0.419 e. The number of aryl methyl sites for hydroxylation is 1. The number of nitrogens with zero attached hydrogens (tertiary/aromatic N) is 3. The zero-order valence-corrected chi connectivity index (χ0v) is 13.0. The Balaban J connectivity index is 1.65. The van der Waals surface area contributed by atoms with Gasteiger partial charge in [-0.25, -0.2) is 4.79 Å². The summed E-state index contributed by atoms with van der Waals surface area (Å²) in [6.45, 7) is 0.271. The van der Waals surface area contributed by atoms with Crippen LogP contribution in [0.5, 0.6) is 0 Å². The minimum absolute atomic E-state index is 0.148. The Morgan fingerprint density at radius 3 is 2.76 bits per heavy atom. The highest BCUT2D eigenvalue weighted by atomic mass is 16.6. The van der Waals surface area contributed by atoms with Crippen molar-refractivity contribution < 1.29 is 14.1 Å². The van der Waals surface area contributed by atoms with Crippen LogP contribution in [0.3, 0.4) is 0 Å². The fourth-order valence-electron chi connectivity index (χ4n) is 2.44. The van der Waals surface area contributed by atoms with E-state index < -0.39 is 10.7 Å². The summed E-state index contributed by atoms with van der Waals surface area (Å²) >= 11 is 0. The molecule has 128 valence electrons. The summed E-state index contributed by atoms with van der Waals surface area (Å²) in [4.78, 5) is 37.9. The minimum atomic E-state index is -0.606. The molecule has 2 aromatic heterocycles. The third-order valence-electron chi connectivity index (χ3n) is 3.61. The molecule has 25 heavy (non-hydrogen) atoms. The minimum Gasteiger partial charge on any atom is -0.407 e. The van der Waals surface area contributed by atoms with Gasteiger partial charge in [0.1, 0.15) is 0 Å². The molecule has 9 nitrogen and oxygen atoms in total. The van der Waals surface area contributed by atoms with Crippen LogP contribution in [-0.4, -0.2) is 20.4 Å². The Hall–Kier alpha value is -3.49. The second-order valence-corrected chi connectivity index (χ2v) is 5.32. The lowest BCUT2D eigenvalue weighted by Gasteiger charge is -2.05. The Morgan fingerprint density at radius 1 is 1.28 bits per heavy atom. The lowest BCUT2D eigenvalue weighted by Crippen LogP contribution is -2.17. The molecule has 0 radical (unpaired) electrons. The van der Waals surface area contributed by atoms with E-state index >= 15 is 0 Å². The first-order valence-corrected chi connectivity index (χ1v) is 7.52. The highest BCUT2D eigenvalue weighted by Crippen LogP contribution is 2.20. The number of nitro groups is 1. The van der Waals surface area contributed by atoms with Gasteiger partial charge in [0.25, 0.3) is 5.69 Å². The summed E-state index contributed by atoms with van der Waals surface area (Å²) < 4.78 is 6.40. The van der Waals surface area contributed by atoms with Crippen molar-refractivity contribution in [2.24, 2.45) is 0 Å². The molecule has 1 aromatic carbocycles. The molecule has 0 unspecified atom stereocenters. The average Bonchev–Trinajstić information content (AvgIpc) is 2.90. The first-order chi connectivity index (χ1) is 12.0. The van der Waals surface area contributed by atoms with Crippen molar-refractivity contribution in [3.05, 3.63) is 63.4 Å². The fourth-order valence-corrected chi connectivity index (χ4v) is 2.44. The van der Waals surface area contributed by atoms with E-state index in [2.05, 4.69) is 10.3 Å². The van der Waals surface area contributed by atoms with Crippen molar-refractivity contribution >= 4 is 28.4 Å². The van der Waals surface area contributed by atoms with Crippen LogP contribution in [-0.2, 0) is 11.3 Å². The smallest absolute Gasteiger partial charge is 0.407 e. The Bertz CT molecular complexity index is 977. The average molecular weight is 342 g/mol. The van der Waals surface area contributed by atoms with Crippen LogP contribution in [0, 0.1) is 10.1 Å². The first-order valence-electron chi connectivity index (χ1n) is 7.52. The van der Waals surface area contributed by atoms with Gasteiger partial charge in [-0.2, -0.15) is 0 Å². The van der Waals surface area contributed by atoms with E-state index in [4.69, 9.17) is 4.42 Å². The van der Waals surface area contributed by atoms with E-state index in [1.165, 1.54) is 22.8 Å². The first kappa shape index (κ1) is 16.4. The molecule has 0 atom stereocenters. The number of aromatic nitrogens is 2. The summed E-state index contributed by atoms with van der Waals surface area (Å²) in [5.74, 6) is -0.785. The number of fused-ring (bicyclic) bond motifs is 1. The van der Waals surface area contributed by atoms with Crippen LogP contribution in [0.2, 0.25) is 0 Å². The van der Waals surface area contributed by atoms with Crippen molar-refractivity contribution in [2.45, 2.75) is 19.4 Å². The van der Waals surface area contributed by atoms with Gasteiger partial charge >= 0.3 is 5.76 Å². The molecular formula is C16H14N4O5. The van der Waals surface area contributed by atoms with Crippen LogP contribution in [0.1, 0.15) is 12.8 Å². The van der Waals surface area contributed by atoms with Crippen molar-refractivity contribution in [1.29, 1.82) is 0 Å². The normalized spacial score (nSPS) is 10.7. The van der Waals surface area contributed by atoms with E-state index in [0.717, 1.165) is 0 Å². The van der Waals surface area contributed by atoms with E-state index in [9.17, 15) is 19.7 Å². The lowest BCUT2D eigenvalue weighted by molar-refractivity contribution is -0.384. The van der Waals surface area contributed by atoms with E-state index in [0.29, 0.717) is 17.6 Å². The molecule has 0 aliphatic heterocycles. The Kier molecular flexibility index (Phi) is 4.55. The standard InChI is InChI=1S/C16H14N4O5/c21-15(18-11-5-7-17-8-6-11)2-1-9-19-13-4-3-12(20(23)24)10-14(13)25-16(19)22/h3-8,10H,1-2,9H2,(H,17,18,21). The maximum absolute atomic E-state index is 11.9. The van der Waals surface area contributed by atoms with Gasteiger partial charge < -0.3 is 9.73 Å². The number of hydrogen-bond acceptors (Lipinski definition) is 6. The number of hydrogen-bond donors (Lipinski definition) is 1. The molecule has 9 heteroatoms. The number of nitro benzene ring substituents is 1. The SMILES string of the molecule is O=C(CCCn1c(=O)oc2cc([N+](=O)[O-])ccc21)Nc1ccncc1. The number of rotatable bonds is 6. The number of carbonyl (C=O) groups excluding carboxylic acids is 1. The van der Waals surface area contributed by atoms with Gasteiger partial charge in [-0.05, 0) is 24.6 Å². The predicted octanol–water partition coefficient (Wildman–Crippen LogP) is 2.32. The molecule has 0 spiro atoms. The maximum atomic E-state index is 11.9. The van der Waals surface area contributed by atoms with Gasteiger partial charge in [0.2, 0.25) is 5.91 Å². The summed E-state index contributed by atoms with van der Waals surface area (Å²) in [6.07, 6.45) is 3.79. The largest absolute Gasteiger partial charge is 0.419 e. The Morgan fingerprint density at radius 2 is 2.04 bits per heavy atom. The van der Waals surface area contributed by atoms with Gasteiger partial charge in [0.15, 0.2) is 5.58 Å². The van der Waals surface area contributed by atoms with Crippen molar-refractivity contribution in [3.63, 3.8) is 0 Å². The number of nitrogens with one attached hydrogen (secondary N) is 1. The van der Waals surface area contributed by atoms with Crippen LogP contribution >= 0.6 is 0 Å². The van der Waals surface area contributed by atoms with Crippen molar-refractivity contribution in [2.75, 3.05) is 5.32 Å². The number of oxazole rings is 1. The highest BCUT2D eigenvalue weighted by Gasteiger charge is 2.14. The quantitative estimate of drug-likeness (QED) is 0.542. The van der Waals surface area contributed by atoms with Crippen LogP contribution < -0.4 is 11.1 Å². The monoisotopic (exact) mass is 342 g/mol. The number of amides is 1. The summed E-state index contributed by atoms with van der Waals surface area (Å²) in [5, 5.41) is 13.5. The number of pyridine rings is 1. The Labute approximate surface area is 141 Å². The molecule has 0 aliphatic rings. The van der Waals surface area contributed by atoms with E-state index in [1.807, 2.05) is 0 Å². The molecule has 0 bridgehead atoms. The molecule has 2 heterocycles. The second-order valence-electron chi connectivity index (χ2n) is 5.32. The molecule has 3 aromatic rings. The van der Waals surface area contributed by atoms with Gasteiger partial charge in [0, 0.05) is 37.1 Å². The molecule has 0 aliphatic carbocycles. The van der Waals surface area contributed by atoms with Gasteiger partial charge in [-0.1, -0.05) is 0 Å². The van der Waals surface area contributed by atoms with Crippen LogP contribution in [0.15, 0.2) is 51.9 Å². The number of anilines is 1. The van der Waals surface area contributed by atoms with Gasteiger partial charge in [-0.15, -0.1) is 0 Å². The summed E-state index contributed by atoms with van der Waals surface area (Å²) in [5.41, 5.74) is 1.12. The summed E-state index contributed by atoms with van der Waals surface area (Å²) in [6, 6.07) is 7.35. The third-order valence-corrected chi connectivity index (χ3v) is 3.61. The number of carbonyl (C=O) groups is 1. The third kappa shape index (κ3) is 3.71. The summed E-state index contributed by atoms with van der Waals surface area (Å²) in [7, 11) is 0. The topological polar surface area (TPSA) is 120 Å². The fraction of sp³-hybridized carbons (Fsp3) is 0.188. The van der Waals surface area contributed by atoms with Crippen molar-refractivity contribution in [1.82, 2.24) is 9.55 Å². The molecule has 0 saturated carbocycles. The van der Waals surface area contributed by atoms with Crippen molar-refractivity contribution in [3.8, 4) is 0 Å².